The maximum Gasteiger partial charge on any atom is 0.0794 e. The van der Waals surface area contributed by atoms with E-state index in [1.54, 1.807) is 16.8 Å². The fraction of sp³-hybridized carbons (Fsp3) is 0.700. The Morgan fingerprint density at radius 3 is 3.29 bits per heavy atom. The van der Waals surface area contributed by atoms with Crippen molar-refractivity contribution in [3.05, 3.63) is 16.6 Å². The first-order valence-electron chi connectivity index (χ1n) is 5.01. The molecule has 0 bridgehead atoms. The predicted octanol–water partition coefficient (Wildman–Crippen LogP) is 1.62. The molecule has 1 aliphatic rings. The fourth-order valence-electron chi connectivity index (χ4n) is 1.79. The zero-order valence-electron chi connectivity index (χ0n) is 8.06. The Bertz CT molecular complexity index is 257. The number of aromatic nitrogens is 1. The third kappa shape index (κ3) is 2.77. The van der Waals surface area contributed by atoms with Crippen LogP contribution in [-0.2, 0) is 11.2 Å². The van der Waals surface area contributed by atoms with E-state index in [2.05, 4.69) is 4.98 Å². The second-order valence-electron chi connectivity index (χ2n) is 3.70. The summed E-state index contributed by atoms with van der Waals surface area (Å²) in [6, 6.07) is 0. The van der Waals surface area contributed by atoms with Crippen LogP contribution in [0.5, 0.6) is 0 Å². The SMILES string of the molecule is OC(Cc1cncs1)CC1CCCO1. The molecule has 1 aromatic heterocycles. The lowest BCUT2D eigenvalue weighted by Crippen LogP contribution is -2.18. The number of aliphatic hydroxyl groups is 1. The first kappa shape index (κ1) is 10.1. The van der Waals surface area contributed by atoms with Crippen LogP contribution in [0.4, 0.5) is 0 Å². The molecule has 2 rings (SSSR count). The molecule has 14 heavy (non-hydrogen) atoms. The number of ether oxygens (including phenoxy) is 1. The van der Waals surface area contributed by atoms with Gasteiger partial charge in [0.1, 0.15) is 0 Å². The predicted molar refractivity (Wildman–Crippen MR) is 55.4 cm³/mol. The van der Waals surface area contributed by atoms with Crippen LogP contribution in [0.2, 0.25) is 0 Å². The minimum atomic E-state index is -0.279. The molecule has 1 aliphatic heterocycles. The van der Waals surface area contributed by atoms with Crippen molar-refractivity contribution >= 4 is 11.3 Å². The van der Waals surface area contributed by atoms with E-state index >= 15 is 0 Å². The van der Waals surface area contributed by atoms with Crippen LogP contribution in [0, 0.1) is 0 Å². The zero-order chi connectivity index (χ0) is 9.80. The normalized spacial score (nSPS) is 23.9. The molecule has 0 spiro atoms. The highest BCUT2D eigenvalue weighted by atomic mass is 32.1. The van der Waals surface area contributed by atoms with Gasteiger partial charge < -0.3 is 9.84 Å². The van der Waals surface area contributed by atoms with Gasteiger partial charge in [0.25, 0.3) is 0 Å². The molecule has 0 aromatic carbocycles. The first-order valence-corrected chi connectivity index (χ1v) is 5.89. The summed E-state index contributed by atoms with van der Waals surface area (Å²) in [5, 5.41) is 9.78. The molecule has 1 saturated heterocycles. The third-order valence-electron chi connectivity index (χ3n) is 2.48. The van der Waals surface area contributed by atoms with Gasteiger partial charge >= 0.3 is 0 Å². The molecular formula is C10H15NO2S. The molecule has 1 N–H and O–H groups in total. The smallest absolute Gasteiger partial charge is 0.0794 e. The summed E-state index contributed by atoms with van der Waals surface area (Å²) in [5.41, 5.74) is 1.80. The van der Waals surface area contributed by atoms with E-state index in [1.165, 1.54) is 0 Å². The van der Waals surface area contributed by atoms with Crippen LogP contribution >= 0.6 is 11.3 Å². The van der Waals surface area contributed by atoms with E-state index in [9.17, 15) is 5.11 Å². The van der Waals surface area contributed by atoms with Gasteiger partial charge in [-0.3, -0.25) is 4.98 Å². The van der Waals surface area contributed by atoms with Crippen LogP contribution in [0.3, 0.4) is 0 Å². The highest BCUT2D eigenvalue weighted by Crippen LogP contribution is 2.19. The quantitative estimate of drug-likeness (QED) is 0.826. The van der Waals surface area contributed by atoms with E-state index in [4.69, 9.17) is 4.74 Å². The third-order valence-corrected chi connectivity index (χ3v) is 3.28. The Morgan fingerprint density at radius 2 is 2.64 bits per heavy atom. The van der Waals surface area contributed by atoms with Crippen LogP contribution < -0.4 is 0 Å². The van der Waals surface area contributed by atoms with Gasteiger partial charge in [0.15, 0.2) is 0 Å². The van der Waals surface area contributed by atoms with Crippen molar-refractivity contribution in [2.45, 2.75) is 37.9 Å². The van der Waals surface area contributed by atoms with Gasteiger partial charge in [0.05, 0.1) is 17.7 Å². The number of rotatable bonds is 4. The first-order chi connectivity index (χ1) is 6.84. The van der Waals surface area contributed by atoms with E-state index in [0.717, 1.165) is 30.7 Å². The average Bonchev–Trinajstić information content (AvgIpc) is 2.76. The molecule has 78 valence electrons. The molecule has 0 aliphatic carbocycles. The molecule has 3 nitrogen and oxygen atoms in total. The van der Waals surface area contributed by atoms with Crippen LogP contribution in [0.1, 0.15) is 24.1 Å². The van der Waals surface area contributed by atoms with E-state index < -0.39 is 0 Å². The Balaban J connectivity index is 1.75. The molecule has 4 heteroatoms. The number of hydrogen-bond donors (Lipinski definition) is 1. The number of nitrogens with zero attached hydrogens (tertiary/aromatic N) is 1. The van der Waals surface area contributed by atoms with E-state index in [0.29, 0.717) is 6.42 Å². The molecule has 0 saturated carbocycles. The van der Waals surface area contributed by atoms with E-state index in [-0.39, 0.29) is 12.2 Å². The second kappa shape index (κ2) is 4.87. The van der Waals surface area contributed by atoms with Gasteiger partial charge in [0.2, 0.25) is 0 Å². The number of hydrogen-bond acceptors (Lipinski definition) is 4. The highest BCUT2D eigenvalue weighted by Gasteiger charge is 2.19. The molecule has 1 aromatic rings. The van der Waals surface area contributed by atoms with Crippen LogP contribution in [0.15, 0.2) is 11.7 Å². The summed E-state index contributed by atoms with van der Waals surface area (Å²) in [6.45, 7) is 0.859. The number of thiazole rings is 1. The van der Waals surface area contributed by atoms with Crippen molar-refractivity contribution in [1.82, 2.24) is 4.98 Å². The maximum absolute atomic E-state index is 9.78. The van der Waals surface area contributed by atoms with E-state index in [1.807, 2.05) is 6.20 Å². The minimum absolute atomic E-state index is 0.276. The Labute approximate surface area is 87.7 Å². The van der Waals surface area contributed by atoms with Gasteiger partial charge in [-0.1, -0.05) is 0 Å². The lowest BCUT2D eigenvalue weighted by Gasteiger charge is -2.13. The van der Waals surface area contributed by atoms with Gasteiger partial charge in [-0.25, -0.2) is 0 Å². The molecular weight excluding hydrogens is 198 g/mol. The van der Waals surface area contributed by atoms with Gasteiger partial charge in [-0.05, 0) is 19.3 Å². The van der Waals surface area contributed by atoms with Crippen molar-refractivity contribution in [2.75, 3.05) is 6.61 Å². The Morgan fingerprint density at radius 1 is 1.71 bits per heavy atom. The van der Waals surface area contributed by atoms with Crippen LogP contribution in [-0.4, -0.2) is 28.9 Å². The highest BCUT2D eigenvalue weighted by molar-refractivity contribution is 7.09. The minimum Gasteiger partial charge on any atom is -0.393 e. The Kier molecular flexibility index (Phi) is 3.50. The van der Waals surface area contributed by atoms with Gasteiger partial charge in [-0.2, -0.15) is 0 Å². The van der Waals surface area contributed by atoms with Gasteiger partial charge in [-0.15, -0.1) is 11.3 Å². The molecule has 1 fully saturated rings. The summed E-state index contributed by atoms with van der Waals surface area (Å²) in [6.07, 6.45) is 5.53. The summed E-state index contributed by atoms with van der Waals surface area (Å²) in [7, 11) is 0. The van der Waals surface area contributed by atoms with Crippen molar-refractivity contribution in [3.63, 3.8) is 0 Å². The molecule has 0 radical (unpaired) electrons. The fourth-order valence-corrected chi connectivity index (χ4v) is 2.46. The topological polar surface area (TPSA) is 42.4 Å². The lowest BCUT2D eigenvalue weighted by atomic mass is 10.1. The zero-order valence-corrected chi connectivity index (χ0v) is 8.87. The van der Waals surface area contributed by atoms with Crippen molar-refractivity contribution < 1.29 is 9.84 Å². The summed E-state index contributed by atoms with van der Waals surface area (Å²) < 4.78 is 5.47. The summed E-state index contributed by atoms with van der Waals surface area (Å²) in [4.78, 5) is 5.13. The van der Waals surface area contributed by atoms with Crippen molar-refractivity contribution in [1.29, 1.82) is 0 Å². The standard InChI is InChI=1S/C10H15NO2S/c12-8(4-9-2-1-3-13-9)5-10-6-11-7-14-10/h6-9,12H,1-5H2. The molecule has 2 atom stereocenters. The number of aliphatic hydroxyl groups excluding tert-OH is 1. The second-order valence-corrected chi connectivity index (χ2v) is 4.67. The monoisotopic (exact) mass is 213 g/mol. The van der Waals surface area contributed by atoms with Gasteiger partial charge in [0, 0.05) is 24.1 Å². The maximum atomic E-state index is 9.78. The Hall–Kier alpha value is -0.450. The lowest BCUT2D eigenvalue weighted by molar-refractivity contribution is 0.0543. The van der Waals surface area contributed by atoms with Crippen molar-refractivity contribution in [3.8, 4) is 0 Å². The average molecular weight is 213 g/mol. The van der Waals surface area contributed by atoms with Crippen LogP contribution in [0.25, 0.3) is 0 Å². The summed E-state index contributed by atoms with van der Waals surface area (Å²) in [5.74, 6) is 0. The largest absolute Gasteiger partial charge is 0.393 e. The molecule has 2 unspecified atom stereocenters. The summed E-state index contributed by atoms with van der Waals surface area (Å²) >= 11 is 1.60. The molecule has 2 heterocycles. The molecule has 0 amide bonds. The van der Waals surface area contributed by atoms with Crippen molar-refractivity contribution in [2.24, 2.45) is 0 Å².